The standard InChI is InChI=1S/C19H15N3O4/c1-12(23)26-16-7-3-5-14(11-16)19(25)20-15-6-2-4-13(10-15)17-8-9-18(24)22-21-17/h2-11H,1H3,(H,20,25)(H,22,24). The Bertz CT molecular complexity index is 1010. The Balaban J connectivity index is 1.79. The van der Waals surface area contributed by atoms with E-state index < -0.39 is 5.97 Å². The van der Waals surface area contributed by atoms with Crippen molar-refractivity contribution in [2.24, 2.45) is 0 Å². The first-order valence-electron chi connectivity index (χ1n) is 7.77. The second kappa shape index (κ2) is 7.43. The Morgan fingerprint density at radius 2 is 1.85 bits per heavy atom. The van der Waals surface area contributed by atoms with Crippen LogP contribution in [0.4, 0.5) is 5.69 Å². The summed E-state index contributed by atoms with van der Waals surface area (Å²) in [7, 11) is 0. The van der Waals surface area contributed by atoms with Crippen LogP contribution in [0.2, 0.25) is 0 Å². The molecule has 3 aromatic rings. The van der Waals surface area contributed by atoms with Crippen molar-refractivity contribution in [1.82, 2.24) is 10.2 Å². The van der Waals surface area contributed by atoms with Crippen LogP contribution in [-0.2, 0) is 4.79 Å². The summed E-state index contributed by atoms with van der Waals surface area (Å²) in [5, 5.41) is 9.12. The van der Waals surface area contributed by atoms with Crippen molar-refractivity contribution >= 4 is 17.6 Å². The number of hydrogen-bond donors (Lipinski definition) is 2. The lowest BCUT2D eigenvalue weighted by Crippen LogP contribution is -2.12. The van der Waals surface area contributed by atoms with Gasteiger partial charge in [0.1, 0.15) is 5.75 Å². The SMILES string of the molecule is CC(=O)Oc1cccc(C(=O)Nc2cccc(-c3ccc(=O)[nH]n3)c2)c1. The molecule has 2 N–H and O–H groups in total. The summed E-state index contributed by atoms with van der Waals surface area (Å²) in [4.78, 5) is 34.6. The van der Waals surface area contributed by atoms with Crippen molar-refractivity contribution in [2.75, 3.05) is 5.32 Å². The van der Waals surface area contributed by atoms with E-state index in [1.165, 1.54) is 19.1 Å². The molecular weight excluding hydrogens is 334 g/mol. The molecule has 26 heavy (non-hydrogen) atoms. The Kier molecular flexibility index (Phi) is 4.89. The molecule has 0 aliphatic rings. The van der Waals surface area contributed by atoms with Crippen molar-refractivity contribution in [1.29, 1.82) is 0 Å². The highest BCUT2D eigenvalue weighted by molar-refractivity contribution is 6.04. The summed E-state index contributed by atoms with van der Waals surface area (Å²) in [6.07, 6.45) is 0. The average Bonchev–Trinajstić information content (AvgIpc) is 2.62. The number of benzene rings is 2. The topological polar surface area (TPSA) is 101 Å². The fourth-order valence-corrected chi connectivity index (χ4v) is 2.33. The predicted octanol–water partition coefficient (Wildman–Crippen LogP) is 2.61. The maximum Gasteiger partial charge on any atom is 0.308 e. The molecule has 0 aliphatic carbocycles. The van der Waals surface area contributed by atoms with Crippen LogP contribution >= 0.6 is 0 Å². The van der Waals surface area contributed by atoms with Crippen LogP contribution < -0.4 is 15.6 Å². The maximum absolute atomic E-state index is 12.4. The fraction of sp³-hybridized carbons (Fsp3) is 0.0526. The molecule has 0 saturated heterocycles. The largest absolute Gasteiger partial charge is 0.427 e. The number of carbonyl (C=O) groups excluding carboxylic acids is 2. The molecule has 1 aromatic heterocycles. The molecule has 0 atom stereocenters. The number of hydrogen-bond acceptors (Lipinski definition) is 5. The summed E-state index contributed by atoms with van der Waals surface area (Å²) >= 11 is 0. The van der Waals surface area contributed by atoms with Gasteiger partial charge in [-0.3, -0.25) is 14.4 Å². The van der Waals surface area contributed by atoms with E-state index >= 15 is 0 Å². The minimum Gasteiger partial charge on any atom is -0.427 e. The summed E-state index contributed by atoms with van der Waals surface area (Å²) < 4.78 is 4.99. The van der Waals surface area contributed by atoms with Crippen molar-refractivity contribution < 1.29 is 14.3 Å². The molecule has 0 radical (unpaired) electrons. The molecule has 0 fully saturated rings. The maximum atomic E-state index is 12.4. The van der Waals surface area contributed by atoms with E-state index in [0.717, 1.165) is 5.56 Å². The van der Waals surface area contributed by atoms with Crippen molar-refractivity contribution in [3.8, 4) is 17.0 Å². The first kappa shape index (κ1) is 17.1. The molecule has 1 heterocycles. The van der Waals surface area contributed by atoms with Crippen molar-refractivity contribution in [3.05, 3.63) is 76.6 Å². The minimum atomic E-state index is -0.455. The number of esters is 1. The van der Waals surface area contributed by atoms with Gasteiger partial charge in [-0.05, 0) is 36.4 Å². The van der Waals surface area contributed by atoms with E-state index in [1.807, 2.05) is 6.07 Å². The first-order valence-corrected chi connectivity index (χ1v) is 7.77. The van der Waals surface area contributed by atoms with Gasteiger partial charge < -0.3 is 10.1 Å². The molecular formula is C19H15N3O4. The first-order chi connectivity index (χ1) is 12.5. The number of anilines is 1. The Morgan fingerprint density at radius 1 is 1.04 bits per heavy atom. The highest BCUT2D eigenvalue weighted by Crippen LogP contribution is 2.21. The number of ether oxygens (including phenoxy) is 1. The average molecular weight is 349 g/mol. The summed E-state index contributed by atoms with van der Waals surface area (Å²) in [6.45, 7) is 1.29. The molecule has 7 nitrogen and oxygen atoms in total. The van der Waals surface area contributed by atoms with Gasteiger partial charge in [-0.15, -0.1) is 0 Å². The predicted molar refractivity (Wildman–Crippen MR) is 96.0 cm³/mol. The van der Waals surface area contributed by atoms with Gasteiger partial charge >= 0.3 is 5.97 Å². The zero-order chi connectivity index (χ0) is 18.5. The molecule has 7 heteroatoms. The van der Waals surface area contributed by atoms with Gasteiger partial charge in [0.05, 0.1) is 5.69 Å². The number of rotatable bonds is 4. The van der Waals surface area contributed by atoms with Gasteiger partial charge in [0.2, 0.25) is 0 Å². The van der Waals surface area contributed by atoms with Gasteiger partial charge in [0.15, 0.2) is 0 Å². The molecule has 3 rings (SSSR count). The number of nitrogens with zero attached hydrogens (tertiary/aromatic N) is 1. The monoisotopic (exact) mass is 349 g/mol. The van der Waals surface area contributed by atoms with E-state index in [2.05, 4.69) is 15.5 Å². The van der Waals surface area contributed by atoms with Crippen molar-refractivity contribution in [2.45, 2.75) is 6.92 Å². The van der Waals surface area contributed by atoms with Crippen LogP contribution in [0.3, 0.4) is 0 Å². The molecule has 0 bridgehead atoms. The number of aromatic nitrogens is 2. The minimum absolute atomic E-state index is 0.286. The second-order valence-corrected chi connectivity index (χ2v) is 5.46. The van der Waals surface area contributed by atoms with E-state index in [4.69, 9.17) is 4.74 Å². The Morgan fingerprint density at radius 3 is 2.58 bits per heavy atom. The zero-order valence-electron chi connectivity index (χ0n) is 13.9. The van der Waals surface area contributed by atoms with Gasteiger partial charge in [-0.25, -0.2) is 5.10 Å². The van der Waals surface area contributed by atoms with Crippen LogP contribution in [0.15, 0.2) is 65.5 Å². The van der Waals surface area contributed by atoms with Crippen LogP contribution in [0.25, 0.3) is 11.3 Å². The normalized spacial score (nSPS) is 10.2. The highest BCUT2D eigenvalue weighted by atomic mass is 16.5. The fourth-order valence-electron chi connectivity index (χ4n) is 2.33. The number of nitrogens with one attached hydrogen (secondary N) is 2. The van der Waals surface area contributed by atoms with E-state index in [9.17, 15) is 14.4 Å². The molecule has 0 saturated carbocycles. The van der Waals surface area contributed by atoms with Gasteiger partial charge in [0.25, 0.3) is 11.5 Å². The quantitative estimate of drug-likeness (QED) is 0.557. The number of amides is 1. The van der Waals surface area contributed by atoms with Crippen molar-refractivity contribution in [3.63, 3.8) is 0 Å². The molecule has 130 valence electrons. The zero-order valence-corrected chi connectivity index (χ0v) is 13.9. The van der Waals surface area contributed by atoms with Crippen LogP contribution in [0.5, 0.6) is 5.75 Å². The van der Waals surface area contributed by atoms with E-state index in [-0.39, 0.29) is 11.5 Å². The Hall–Kier alpha value is -3.74. The smallest absolute Gasteiger partial charge is 0.308 e. The van der Waals surface area contributed by atoms with Crippen LogP contribution in [0.1, 0.15) is 17.3 Å². The summed E-state index contributed by atoms with van der Waals surface area (Å²) in [5.41, 5.74) is 1.96. The molecule has 0 aliphatic heterocycles. The van der Waals surface area contributed by atoms with Gasteiger partial charge in [0, 0.05) is 29.8 Å². The van der Waals surface area contributed by atoms with Gasteiger partial charge in [-0.2, -0.15) is 5.10 Å². The van der Waals surface area contributed by atoms with E-state index in [0.29, 0.717) is 22.7 Å². The summed E-state index contributed by atoms with van der Waals surface area (Å²) in [5.74, 6) is -0.495. The molecule has 1 amide bonds. The number of carbonyl (C=O) groups is 2. The molecule has 0 unspecified atom stereocenters. The lowest BCUT2D eigenvalue weighted by atomic mass is 10.1. The lowest BCUT2D eigenvalue weighted by Gasteiger charge is -2.08. The Labute approximate surface area is 148 Å². The number of H-pyrrole nitrogens is 1. The lowest BCUT2D eigenvalue weighted by molar-refractivity contribution is -0.131. The third-order valence-corrected chi connectivity index (χ3v) is 3.45. The third kappa shape index (κ3) is 4.21. The van der Waals surface area contributed by atoms with E-state index in [1.54, 1.807) is 42.5 Å². The second-order valence-electron chi connectivity index (χ2n) is 5.46. The number of aromatic amines is 1. The van der Waals surface area contributed by atoms with Gasteiger partial charge in [-0.1, -0.05) is 18.2 Å². The van der Waals surface area contributed by atoms with Crippen LogP contribution in [-0.4, -0.2) is 22.1 Å². The molecule has 0 spiro atoms. The van der Waals surface area contributed by atoms with Crippen LogP contribution in [0, 0.1) is 0 Å². The molecule has 2 aromatic carbocycles. The summed E-state index contributed by atoms with van der Waals surface area (Å²) in [6, 6.07) is 16.4. The highest BCUT2D eigenvalue weighted by Gasteiger charge is 2.09. The third-order valence-electron chi connectivity index (χ3n) is 3.45.